The van der Waals surface area contributed by atoms with Crippen LogP contribution in [0.5, 0.6) is 0 Å². The van der Waals surface area contributed by atoms with Crippen LogP contribution in [0.15, 0.2) is 29.2 Å². The van der Waals surface area contributed by atoms with Crippen molar-refractivity contribution in [1.29, 1.82) is 0 Å². The molecule has 0 saturated heterocycles. The third-order valence-electron chi connectivity index (χ3n) is 1.91. The lowest BCUT2D eigenvalue weighted by atomic mass is 10.3. The number of hydrogen-bond acceptors (Lipinski definition) is 4. The van der Waals surface area contributed by atoms with E-state index < -0.39 is 21.8 Å². The molecule has 0 aliphatic carbocycles. The Morgan fingerprint density at radius 1 is 1.47 bits per heavy atom. The Bertz CT molecular complexity index is 447. The van der Waals surface area contributed by atoms with E-state index >= 15 is 0 Å². The number of rotatable bonds is 1. The smallest absolute Gasteiger partial charge is 0.340 e. The van der Waals surface area contributed by atoms with Crippen LogP contribution in [0.4, 0.5) is 10.5 Å². The van der Waals surface area contributed by atoms with Crippen molar-refractivity contribution in [3.63, 3.8) is 0 Å². The maximum Gasteiger partial charge on any atom is 0.351 e. The van der Waals surface area contributed by atoms with Crippen molar-refractivity contribution in [3.8, 4) is 0 Å². The van der Waals surface area contributed by atoms with Gasteiger partial charge >= 0.3 is 11.2 Å². The lowest BCUT2D eigenvalue weighted by molar-refractivity contribution is -0.131. The molecule has 2 N–H and O–H groups in total. The molecular weight excluding hydrogens is 218 g/mol. The van der Waals surface area contributed by atoms with E-state index in [1.54, 1.807) is 24.3 Å². The van der Waals surface area contributed by atoms with Gasteiger partial charge in [0.2, 0.25) is 0 Å². The molecule has 0 radical (unpaired) electrons. The zero-order valence-corrected chi connectivity index (χ0v) is 8.71. The van der Waals surface area contributed by atoms with Gasteiger partial charge < -0.3 is 9.50 Å². The van der Waals surface area contributed by atoms with Gasteiger partial charge in [0.05, 0.1) is 5.69 Å². The van der Waals surface area contributed by atoms with Crippen LogP contribution in [0.2, 0.25) is 0 Å². The highest BCUT2D eigenvalue weighted by atomic mass is 32.3. The van der Waals surface area contributed by atoms with Gasteiger partial charge in [-0.3, -0.25) is 9.35 Å². The highest BCUT2D eigenvalue weighted by Gasteiger charge is 2.40. The zero-order chi connectivity index (χ0) is 11.1. The first-order valence-corrected chi connectivity index (χ1v) is 5.71. The van der Waals surface area contributed by atoms with Crippen molar-refractivity contribution < 1.29 is 18.3 Å². The number of hydrogen-bond donors (Lipinski definition) is 2. The monoisotopic (exact) mass is 227 g/mol. The van der Waals surface area contributed by atoms with Crippen molar-refractivity contribution >= 4 is 27.5 Å². The first kappa shape index (κ1) is 10.0. The average molecular weight is 227 g/mol. The zero-order valence-electron chi connectivity index (χ0n) is 7.89. The van der Waals surface area contributed by atoms with E-state index in [1.165, 1.54) is 0 Å². The van der Waals surface area contributed by atoms with E-state index in [1.807, 2.05) is 0 Å². The standard InChI is InChI=1S/C9H9NO4S/c1-6(11)14-15(13)8-5-3-2-4-7(8)10-9(15)12/h2-5,13H,1H3,(H,10,12). The van der Waals surface area contributed by atoms with E-state index in [0.717, 1.165) is 6.92 Å². The molecule has 1 unspecified atom stereocenters. The molecule has 6 heteroatoms. The minimum absolute atomic E-state index is 0.338. The number of carbonyl (C=O) groups is 2. The predicted octanol–water partition coefficient (Wildman–Crippen LogP) is 2.35. The molecule has 15 heavy (non-hydrogen) atoms. The molecule has 1 atom stereocenters. The number of fused-ring (bicyclic) bond motifs is 1. The van der Waals surface area contributed by atoms with Crippen LogP contribution in [0.3, 0.4) is 0 Å². The molecule has 0 spiro atoms. The summed E-state index contributed by atoms with van der Waals surface area (Å²) in [5.41, 5.74) is 0.487. The Hall–Kier alpha value is -1.53. The number of anilines is 1. The average Bonchev–Trinajstić information content (AvgIpc) is 2.39. The highest BCUT2D eigenvalue weighted by Crippen LogP contribution is 2.61. The molecule has 1 aliphatic heterocycles. The summed E-state index contributed by atoms with van der Waals surface area (Å²) in [4.78, 5) is 22.6. The van der Waals surface area contributed by atoms with Gasteiger partial charge in [-0.25, -0.2) is 4.79 Å². The Morgan fingerprint density at radius 2 is 2.13 bits per heavy atom. The van der Waals surface area contributed by atoms with E-state index in [9.17, 15) is 14.1 Å². The topological polar surface area (TPSA) is 75.6 Å². The molecule has 0 fully saturated rings. The van der Waals surface area contributed by atoms with Gasteiger partial charge in [0.1, 0.15) is 4.90 Å². The fourth-order valence-electron chi connectivity index (χ4n) is 1.34. The second kappa shape index (κ2) is 3.25. The van der Waals surface area contributed by atoms with Crippen LogP contribution in [0.1, 0.15) is 6.92 Å². The SMILES string of the molecule is CC(=O)OS1(O)C(=O)Nc2ccccc21. The molecule has 0 bridgehead atoms. The van der Waals surface area contributed by atoms with Gasteiger partial charge in [-0.1, -0.05) is 12.1 Å². The number of benzene rings is 1. The van der Waals surface area contributed by atoms with Crippen molar-refractivity contribution in [1.82, 2.24) is 0 Å². The molecule has 5 nitrogen and oxygen atoms in total. The molecule has 1 heterocycles. The fourth-order valence-corrected chi connectivity index (χ4v) is 2.98. The minimum Gasteiger partial charge on any atom is -0.340 e. The molecule has 2 rings (SSSR count). The Kier molecular flexibility index (Phi) is 2.17. The fraction of sp³-hybridized carbons (Fsp3) is 0.111. The van der Waals surface area contributed by atoms with E-state index in [2.05, 4.69) is 5.32 Å². The predicted molar refractivity (Wildman–Crippen MR) is 55.7 cm³/mol. The third-order valence-corrected chi connectivity index (χ3v) is 3.94. The third kappa shape index (κ3) is 1.47. The van der Waals surface area contributed by atoms with E-state index in [-0.39, 0.29) is 0 Å². The Labute approximate surface area is 87.8 Å². The summed E-state index contributed by atoms with van der Waals surface area (Å²) in [5.74, 6) is -0.681. The second-order valence-corrected chi connectivity index (χ2v) is 5.04. The maximum atomic E-state index is 11.5. The van der Waals surface area contributed by atoms with Gasteiger partial charge in [0.25, 0.3) is 0 Å². The van der Waals surface area contributed by atoms with Gasteiger partial charge in [-0.2, -0.15) is 0 Å². The summed E-state index contributed by atoms with van der Waals surface area (Å²) < 4.78 is 14.7. The number of amides is 1. The highest BCUT2D eigenvalue weighted by molar-refractivity contribution is 8.38. The quantitative estimate of drug-likeness (QED) is 0.772. The summed E-state index contributed by atoms with van der Waals surface area (Å²) in [6.45, 7) is 1.15. The van der Waals surface area contributed by atoms with Crippen LogP contribution in [-0.4, -0.2) is 15.8 Å². The summed E-state index contributed by atoms with van der Waals surface area (Å²) in [6, 6.07) is 6.59. The van der Waals surface area contributed by atoms with Gasteiger partial charge in [0.15, 0.2) is 0 Å². The van der Waals surface area contributed by atoms with Crippen molar-refractivity contribution in [2.75, 3.05) is 5.32 Å². The normalized spacial score (nSPS) is 27.5. The maximum absolute atomic E-state index is 11.5. The van der Waals surface area contributed by atoms with Crippen LogP contribution < -0.4 is 5.32 Å². The van der Waals surface area contributed by atoms with Crippen LogP contribution in [0, 0.1) is 0 Å². The van der Waals surface area contributed by atoms with Crippen molar-refractivity contribution in [2.24, 2.45) is 0 Å². The van der Waals surface area contributed by atoms with E-state index in [0.29, 0.717) is 10.6 Å². The van der Waals surface area contributed by atoms with Crippen LogP contribution >= 0.6 is 10.6 Å². The van der Waals surface area contributed by atoms with Crippen molar-refractivity contribution in [2.45, 2.75) is 11.8 Å². The summed E-state index contributed by atoms with van der Waals surface area (Å²) in [5, 5.41) is 1.80. The molecule has 0 aromatic heterocycles. The summed E-state index contributed by atoms with van der Waals surface area (Å²) >= 11 is 0. The second-order valence-electron chi connectivity index (χ2n) is 3.01. The largest absolute Gasteiger partial charge is 0.351 e. The molecule has 0 saturated carbocycles. The Balaban J connectivity index is 2.49. The molecule has 1 aliphatic rings. The lowest BCUT2D eigenvalue weighted by Crippen LogP contribution is -2.15. The molecule has 1 aromatic rings. The number of nitrogens with one attached hydrogen (secondary N) is 1. The first-order valence-electron chi connectivity index (χ1n) is 4.20. The molecule has 80 valence electrons. The van der Waals surface area contributed by atoms with Gasteiger partial charge in [-0.05, 0) is 22.7 Å². The minimum atomic E-state index is -3.14. The van der Waals surface area contributed by atoms with Gasteiger partial charge in [-0.15, -0.1) is 0 Å². The van der Waals surface area contributed by atoms with E-state index in [4.69, 9.17) is 4.18 Å². The van der Waals surface area contributed by atoms with Crippen LogP contribution in [0.25, 0.3) is 0 Å². The first-order chi connectivity index (χ1) is 7.04. The summed E-state index contributed by atoms with van der Waals surface area (Å²) in [7, 11) is -3.14. The Morgan fingerprint density at radius 3 is 2.80 bits per heavy atom. The molecular formula is C9H9NO4S. The lowest BCUT2D eigenvalue weighted by Gasteiger charge is -2.28. The molecule has 1 aromatic carbocycles. The van der Waals surface area contributed by atoms with Crippen molar-refractivity contribution in [3.05, 3.63) is 24.3 Å². The van der Waals surface area contributed by atoms with Gasteiger partial charge in [0, 0.05) is 6.92 Å². The molecule has 1 amide bonds. The van der Waals surface area contributed by atoms with Crippen LogP contribution in [-0.2, 0) is 8.98 Å². The number of carbonyl (C=O) groups excluding carboxylic acids is 2. The number of para-hydroxylation sites is 1. The summed E-state index contributed by atoms with van der Waals surface area (Å²) in [6.07, 6.45) is 0.